The number of thiazole rings is 1. The number of aryl methyl sites for hydroxylation is 3. The lowest BCUT2D eigenvalue weighted by Crippen LogP contribution is -2.55. The number of aromatic nitrogens is 4. The Morgan fingerprint density at radius 3 is 2.40 bits per heavy atom. The van der Waals surface area contributed by atoms with Gasteiger partial charge >= 0.3 is 0 Å². The van der Waals surface area contributed by atoms with Gasteiger partial charge in [-0.25, -0.2) is 4.98 Å². The number of nitrogens with zero attached hydrogens (tertiary/aromatic N) is 7. The first kappa shape index (κ1) is 43.9. The normalized spacial score (nSPS) is 18.2. The molecule has 3 aliphatic rings. The second-order valence-electron chi connectivity index (χ2n) is 17.4. The number of aliphatic hydroxyl groups is 1. The molecule has 16 heteroatoms. The van der Waals surface area contributed by atoms with Crippen molar-refractivity contribution >= 4 is 52.0 Å². The predicted octanol–water partition coefficient (Wildman–Crippen LogP) is 6.54. The third-order valence-corrected chi connectivity index (χ3v) is 14.9. The number of hydrogen-bond donors (Lipinski definition) is 3. The summed E-state index contributed by atoms with van der Waals surface area (Å²) in [5.74, 6) is -0.169. The first-order valence-corrected chi connectivity index (χ1v) is 23.6. The third-order valence-electron chi connectivity index (χ3n) is 12.7. The highest BCUT2D eigenvalue weighted by Crippen LogP contribution is 2.40. The number of likely N-dealkylation sites (tertiary alicyclic amines) is 1. The molecule has 65 heavy (non-hydrogen) atoms. The minimum atomic E-state index is -0.940. The van der Waals surface area contributed by atoms with Crippen molar-refractivity contribution in [1.29, 1.82) is 0 Å². The quantitative estimate of drug-likeness (QED) is 0.124. The van der Waals surface area contributed by atoms with Crippen molar-refractivity contribution < 1.29 is 24.3 Å². The molecule has 1 fully saturated rings. The smallest absolute Gasteiger partial charge is 0.255 e. The Hall–Kier alpha value is -6.36. The second kappa shape index (κ2) is 17.9. The van der Waals surface area contributed by atoms with Crippen LogP contribution in [0.3, 0.4) is 0 Å². The van der Waals surface area contributed by atoms with Crippen molar-refractivity contribution in [2.75, 3.05) is 6.54 Å². The van der Waals surface area contributed by atoms with Crippen LogP contribution in [0.15, 0.2) is 83.3 Å². The fraction of sp³-hybridized carbons (Fsp3) is 0.347. The molecule has 0 bridgehead atoms. The van der Waals surface area contributed by atoms with Gasteiger partial charge in [0.25, 0.3) is 5.91 Å². The van der Waals surface area contributed by atoms with Gasteiger partial charge in [0.05, 0.1) is 34.3 Å². The van der Waals surface area contributed by atoms with E-state index in [1.54, 1.807) is 27.8 Å². The Bertz CT molecular complexity index is 2860. The lowest BCUT2D eigenvalue weighted by atomic mass is 9.99. The standard InChI is InChI=1S/C49H51N9O5S2/c1-26(2)43(57-23-34-14-10-11-15-37(34)47(57)62)48(63)56-24-36(59)19-39(56)46(61)51-21-33-17-16-32(44-28(4)52-25-64-44)18-35(33)22-50-40(60)20-38-45-55-54-30(6)58(45)49-41(27(3)29(5)65-49)42(53-38)31-12-8-7-9-13-31/h7-18,25-26,36,38-39,43,59H,19-24H2,1-6H3,(H,50,60)(H,51,61)/t36-,38+,39+,43+/m1/s1. The van der Waals surface area contributed by atoms with E-state index in [1.165, 1.54) is 21.1 Å². The summed E-state index contributed by atoms with van der Waals surface area (Å²) in [4.78, 5) is 71.0. The Morgan fingerprint density at radius 2 is 1.66 bits per heavy atom. The average molecular weight is 910 g/mol. The average Bonchev–Trinajstić information content (AvgIpc) is 4.11. The third kappa shape index (κ3) is 8.30. The van der Waals surface area contributed by atoms with E-state index in [2.05, 4.69) is 39.7 Å². The summed E-state index contributed by atoms with van der Waals surface area (Å²) in [6.07, 6.45) is -0.818. The molecule has 0 unspecified atom stereocenters. The van der Waals surface area contributed by atoms with Gasteiger partial charge in [-0.2, -0.15) is 0 Å². The molecular formula is C49H51N9O5S2. The monoisotopic (exact) mass is 909 g/mol. The molecule has 6 heterocycles. The number of aliphatic hydroxyl groups excluding tert-OH is 1. The van der Waals surface area contributed by atoms with Gasteiger partial charge in [0, 0.05) is 54.2 Å². The van der Waals surface area contributed by atoms with Gasteiger partial charge in [0.15, 0.2) is 5.82 Å². The number of thiophene rings is 1. The van der Waals surface area contributed by atoms with E-state index in [9.17, 15) is 24.3 Å². The minimum Gasteiger partial charge on any atom is -0.391 e. The largest absolute Gasteiger partial charge is 0.391 e. The second-order valence-corrected chi connectivity index (χ2v) is 19.4. The van der Waals surface area contributed by atoms with Crippen LogP contribution in [0.5, 0.6) is 0 Å². The van der Waals surface area contributed by atoms with Gasteiger partial charge in [-0.1, -0.05) is 74.5 Å². The molecule has 3 N–H and O–H groups in total. The van der Waals surface area contributed by atoms with Crippen LogP contribution in [0, 0.1) is 33.6 Å². The number of nitrogens with one attached hydrogen (secondary N) is 2. The van der Waals surface area contributed by atoms with E-state index in [1.807, 2.05) is 99.0 Å². The Kier molecular flexibility index (Phi) is 12.1. The van der Waals surface area contributed by atoms with Crippen LogP contribution in [0.4, 0.5) is 0 Å². The zero-order valence-corrected chi connectivity index (χ0v) is 38.8. The number of β-amino-alcohol motifs (C(OH)–C–C–N with tert-alkyl or cyclic N) is 1. The lowest BCUT2D eigenvalue weighted by Gasteiger charge is -2.35. The van der Waals surface area contributed by atoms with E-state index in [-0.39, 0.29) is 56.1 Å². The van der Waals surface area contributed by atoms with Crippen molar-refractivity contribution in [3.8, 4) is 15.4 Å². The molecule has 3 aromatic carbocycles. The maximum Gasteiger partial charge on any atom is 0.255 e. The highest BCUT2D eigenvalue weighted by Gasteiger charge is 2.46. The van der Waals surface area contributed by atoms with Crippen molar-refractivity contribution in [1.82, 2.24) is 40.2 Å². The fourth-order valence-corrected chi connectivity index (χ4v) is 11.3. The summed E-state index contributed by atoms with van der Waals surface area (Å²) >= 11 is 3.19. The predicted molar refractivity (Wildman–Crippen MR) is 250 cm³/mol. The number of amides is 4. The van der Waals surface area contributed by atoms with E-state index in [4.69, 9.17) is 4.99 Å². The Balaban J connectivity index is 0.945. The SMILES string of the molecule is Cc1ncsc1-c1ccc(CNC(=O)[C@@H]2C[C@@H](O)CN2C(=O)[C@H](C(C)C)N2Cc3ccccc3C2=O)c(CNC(=O)C[C@@H]2N=C(c3ccccc3)c3c(sc(C)c3C)-n3c(C)nnc32)c1. The number of hydrogen-bond acceptors (Lipinski definition) is 11. The molecule has 3 aromatic heterocycles. The number of aliphatic imine (C=N–C) groups is 1. The van der Waals surface area contributed by atoms with Gasteiger partial charge in [-0.05, 0) is 73.6 Å². The molecule has 9 rings (SSSR count). The zero-order chi connectivity index (χ0) is 45.7. The van der Waals surface area contributed by atoms with Crippen LogP contribution >= 0.6 is 22.7 Å². The summed E-state index contributed by atoms with van der Waals surface area (Å²) in [6.45, 7) is 12.4. The van der Waals surface area contributed by atoms with Gasteiger partial charge in [-0.15, -0.1) is 32.9 Å². The molecule has 6 aromatic rings. The molecule has 4 atom stereocenters. The van der Waals surface area contributed by atoms with E-state index in [0.29, 0.717) is 23.8 Å². The molecule has 0 radical (unpaired) electrons. The zero-order valence-electron chi connectivity index (χ0n) is 37.2. The highest BCUT2D eigenvalue weighted by molar-refractivity contribution is 7.15. The van der Waals surface area contributed by atoms with Crippen molar-refractivity contribution in [2.24, 2.45) is 10.9 Å². The molecule has 0 spiro atoms. The number of benzene rings is 3. The number of fused-ring (bicyclic) bond motifs is 4. The van der Waals surface area contributed by atoms with Crippen LogP contribution in [-0.4, -0.2) is 88.7 Å². The molecule has 334 valence electrons. The van der Waals surface area contributed by atoms with Crippen LogP contribution < -0.4 is 10.6 Å². The van der Waals surface area contributed by atoms with Crippen LogP contribution in [0.2, 0.25) is 0 Å². The molecule has 14 nitrogen and oxygen atoms in total. The maximum atomic E-state index is 14.4. The Labute approximate surface area is 385 Å². The topological polar surface area (TPSA) is 175 Å². The molecule has 1 saturated heterocycles. The van der Waals surface area contributed by atoms with Crippen LogP contribution in [-0.2, 0) is 34.0 Å². The number of carbonyl (C=O) groups is 4. The minimum absolute atomic E-state index is 0.0154. The molecule has 3 aliphatic heterocycles. The molecule has 4 amide bonds. The van der Waals surface area contributed by atoms with Crippen molar-refractivity contribution in [3.05, 3.63) is 139 Å². The molecule has 0 aliphatic carbocycles. The summed E-state index contributed by atoms with van der Waals surface area (Å²) in [6, 6.07) is 20.9. The first-order valence-electron chi connectivity index (χ1n) is 21.9. The van der Waals surface area contributed by atoms with E-state index in [0.717, 1.165) is 60.2 Å². The van der Waals surface area contributed by atoms with Gasteiger partial charge < -0.3 is 25.5 Å². The van der Waals surface area contributed by atoms with Gasteiger partial charge in [-0.3, -0.25) is 28.7 Å². The van der Waals surface area contributed by atoms with E-state index >= 15 is 0 Å². The Morgan fingerprint density at radius 1 is 0.908 bits per heavy atom. The van der Waals surface area contributed by atoms with Gasteiger partial charge in [0.2, 0.25) is 17.7 Å². The van der Waals surface area contributed by atoms with Gasteiger partial charge in [0.1, 0.15) is 29.0 Å². The first-order chi connectivity index (χ1) is 31.3. The lowest BCUT2D eigenvalue weighted by molar-refractivity contribution is -0.143. The summed E-state index contributed by atoms with van der Waals surface area (Å²) in [7, 11) is 0. The van der Waals surface area contributed by atoms with Crippen molar-refractivity contribution in [3.63, 3.8) is 0 Å². The van der Waals surface area contributed by atoms with Crippen LogP contribution in [0.1, 0.15) is 98.7 Å². The number of rotatable bonds is 12. The fourth-order valence-electron chi connectivity index (χ4n) is 9.30. The van der Waals surface area contributed by atoms with Crippen molar-refractivity contribution in [2.45, 2.75) is 98.2 Å². The summed E-state index contributed by atoms with van der Waals surface area (Å²) in [5.41, 5.74) is 10.5. The van der Waals surface area contributed by atoms with E-state index < -0.39 is 30.1 Å². The summed E-state index contributed by atoms with van der Waals surface area (Å²) < 4.78 is 2.03. The number of carbonyl (C=O) groups excluding carboxylic acids is 4. The highest BCUT2D eigenvalue weighted by atomic mass is 32.1. The maximum absolute atomic E-state index is 14.4. The molecular weight excluding hydrogens is 859 g/mol. The van der Waals surface area contributed by atoms with Crippen LogP contribution in [0.25, 0.3) is 15.4 Å². The molecule has 0 saturated carbocycles. The summed E-state index contributed by atoms with van der Waals surface area (Å²) in [5, 5.41) is 27.0.